The fraction of sp³-hybridized carbons (Fsp3) is 1.00. The van der Waals surface area contributed by atoms with Crippen molar-refractivity contribution >= 4 is 38.0 Å². The van der Waals surface area contributed by atoms with Gasteiger partial charge < -0.3 is 5.73 Å². The molecule has 118 valence electrons. The van der Waals surface area contributed by atoms with Crippen molar-refractivity contribution in [2.24, 2.45) is 5.73 Å². The van der Waals surface area contributed by atoms with E-state index in [1.807, 2.05) is 0 Å². The molecular weight excluding hydrogens is 285 g/mol. The summed E-state index contributed by atoms with van der Waals surface area (Å²) in [4.78, 5) is 0. The number of hydrogen-bond acceptors (Lipinski definition) is 3. The number of hydrogen-bond donors (Lipinski definition) is 2. The molecule has 0 spiro atoms. The van der Waals surface area contributed by atoms with Crippen LogP contribution in [0.15, 0.2) is 0 Å². The Labute approximate surface area is 143 Å². The quantitative estimate of drug-likeness (QED) is 0.329. The molecule has 0 radical (unpaired) electrons. The Morgan fingerprint density at radius 1 is 0.900 bits per heavy atom. The van der Waals surface area contributed by atoms with Crippen LogP contribution in [0.2, 0.25) is 3.67 Å². The first-order valence-electron chi connectivity index (χ1n) is 8.13. The van der Waals surface area contributed by atoms with Crippen LogP contribution in [-0.4, -0.2) is 53.2 Å². The second-order valence-corrected chi connectivity index (χ2v) is 7.83. The van der Waals surface area contributed by atoms with E-state index in [0.29, 0.717) is 0 Å². The first kappa shape index (κ1) is 23.1. The van der Waals surface area contributed by atoms with Crippen LogP contribution in [0.1, 0.15) is 71.1 Å². The van der Waals surface area contributed by atoms with Gasteiger partial charge in [-0.3, -0.25) is 4.55 Å². The maximum absolute atomic E-state index is 9.71. The fourth-order valence-electron chi connectivity index (χ4n) is 1.89. The molecule has 0 rings (SSSR count). The van der Waals surface area contributed by atoms with Crippen LogP contribution >= 0.6 is 0 Å². The molecule has 6 heteroatoms. The molecule has 0 unspecified atom stereocenters. The number of nitrogens with two attached hydrogens (primary N) is 1. The Morgan fingerprint density at radius 2 is 1.30 bits per heavy atom. The molecule has 0 aromatic rings. The summed E-state index contributed by atoms with van der Waals surface area (Å²) in [5.74, 6) is -0.354. The molecule has 0 aliphatic rings. The Kier molecular flexibility index (Phi) is 20.7. The molecule has 0 bridgehead atoms. The zero-order chi connectivity index (χ0) is 15.7. The third kappa shape index (κ3) is 27.3. The van der Waals surface area contributed by atoms with Gasteiger partial charge >= 0.3 is 103 Å². The third-order valence-electron chi connectivity index (χ3n) is 3.08. The van der Waals surface area contributed by atoms with Gasteiger partial charge in [-0.25, -0.2) is 0 Å². The van der Waals surface area contributed by atoms with Crippen LogP contribution in [-0.2, 0) is 10.1 Å². The van der Waals surface area contributed by atoms with Crippen LogP contribution < -0.4 is 5.73 Å². The van der Waals surface area contributed by atoms with E-state index in [2.05, 4.69) is 6.92 Å². The molecule has 0 heterocycles. The van der Waals surface area contributed by atoms with Gasteiger partial charge in [0.15, 0.2) is 0 Å². The average Bonchev–Trinajstić information content (AvgIpc) is 2.36. The molecule has 0 amide bonds. The predicted octanol–water partition coefficient (Wildman–Crippen LogP) is 3.33. The maximum Gasteiger partial charge on any atom is 0.266 e. The zero-order valence-corrected chi connectivity index (χ0v) is 16.3. The van der Waals surface area contributed by atoms with Crippen molar-refractivity contribution in [1.82, 2.24) is 0 Å². The summed E-state index contributed by atoms with van der Waals surface area (Å²) in [5, 5.41) is 0. The van der Waals surface area contributed by atoms with E-state index in [-0.39, 0.29) is 12.3 Å². The topological polar surface area (TPSA) is 80.4 Å². The molecule has 0 saturated carbocycles. The van der Waals surface area contributed by atoms with Crippen molar-refractivity contribution in [1.29, 1.82) is 0 Å². The van der Waals surface area contributed by atoms with Crippen molar-refractivity contribution in [2.45, 2.75) is 74.8 Å². The van der Waals surface area contributed by atoms with Gasteiger partial charge in [0.2, 0.25) is 0 Å². The summed E-state index contributed by atoms with van der Waals surface area (Å²) in [6.45, 7) is 2.26. The van der Waals surface area contributed by atoms with Gasteiger partial charge in [-0.1, -0.05) is 0 Å². The second-order valence-electron chi connectivity index (χ2n) is 5.26. The second kappa shape index (κ2) is 17.9. The fourth-order valence-corrected chi connectivity index (χ4v) is 2.68. The summed E-state index contributed by atoms with van der Waals surface area (Å²) < 4.78 is 28.8. The predicted molar refractivity (Wildman–Crippen MR) is 87.9 cm³/mol. The molecule has 0 atom stereocenters. The molecule has 0 fully saturated rings. The first-order valence-corrected chi connectivity index (χ1v) is 11.2. The van der Waals surface area contributed by atoms with Crippen molar-refractivity contribution < 1.29 is 13.0 Å². The van der Waals surface area contributed by atoms with E-state index < -0.39 is 10.1 Å². The summed E-state index contributed by atoms with van der Waals surface area (Å²) in [6.07, 6.45) is 14.7. The Morgan fingerprint density at radius 3 is 1.55 bits per heavy atom. The van der Waals surface area contributed by atoms with E-state index in [1.165, 1.54) is 95.8 Å². The smallest absolute Gasteiger partial charge is 0.266 e. The molecule has 0 saturated heterocycles. The van der Waals surface area contributed by atoms with Gasteiger partial charge in [0.1, 0.15) is 0 Å². The average molecular weight is 317 g/mol. The molecule has 0 aromatic carbocycles. The number of rotatable bonds is 12. The Bertz CT molecular complexity index is 262. The third-order valence-corrected chi connectivity index (χ3v) is 4.54. The largest absolute Gasteiger partial charge is 0.329 e. The summed E-state index contributed by atoms with van der Waals surface area (Å²) in [5.41, 5.74) is 4.78. The van der Waals surface area contributed by atoms with Crippen LogP contribution in [0.25, 0.3) is 0 Å². The van der Waals surface area contributed by atoms with Gasteiger partial charge in [0.25, 0.3) is 10.1 Å². The molecule has 0 aliphatic heterocycles. The first-order chi connectivity index (χ1) is 9.47. The minimum absolute atomic E-state index is 0.0289. The van der Waals surface area contributed by atoms with Gasteiger partial charge in [0, 0.05) is 6.54 Å². The SMILES string of the molecule is CCCCCCCCCCC[CH2][Na].NCCS(=O)(=O)O. The standard InChI is InChI=1S/C12H25.C2H7NO3S.Na/c1-3-5-7-9-11-12-10-8-6-4-2;3-1-2-7(4,5)6;/h1,3-12H2,2H3;1-3H2,(H,4,5,6);. The van der Waals surface area contributed by atoms with Crippen LogP contribution in [0.3, 0.4) is 0 Å². The molecule has 0 aliphatic carbocycles. The minimum atomic E-state index is -3.80. The van der Waals surface area contributed by atoms with Gasteiger partial charge in [0.05, 0.1) is 5.75 Å². The Balaban J connectivity index is 0. The van der Waals surface area contributed by atoms with Crippen molar-refractivity contribution in [3.05, 3.63) is 0 Å². The summed E-state index contributed by atoms with van der Waals surface area (Å²) in [6, 6.07) is 0. The van der Waals surface area contributed by atoms with E-state index in [1.54, 1.807) is 0 Å². The monoisotopic (exact) mass is 317 g/mol. The van der Waals surface area contributed by atoms with E-state index in [4.69, 9.17) is 10.3 Å². The molecule has 3 N–H and O–H groups in total. The summed E-state index contributed by atoms with van der Waals surface area (Å²) >= 11 is 1.41. The van der Waals surface area contributed by atoms with Gasteiger partial charge in [-0.2, -0.15) is 8.42 Å². The van der Waals surface area contributed by atoms with Gasteiger partial charge in [-0.15, -0.1) is 0 Å². The molecular formula is C14H32NNaO3S. The van der Waals surface area contributed by atoms with Gasteiger partial charge in [-0.05, 0) is 0 Å². The van der Waals surface area contributed by atoms with Crippen molar-refractivity contribution in [3.8, 4) is 0 Å². The van der Waals surface area contributed by atoms with E-state index >= 15 is 0 Å². The molecule has 20 heavy (non-hydrogen) atoms. The van der Waals surface area contributed by atoms with Crippen LogP contribution in [0.5, 0.6) is 0 Å². The van der Waals surface area contributed by atoms with E-state index in [0.717, 1.165) is 0 Å². The van der Waals surface area contributed by atoms with Crippen LogP contribution in [0.4, 0.5) is 0 Å². The summed E-state index contributed by atoms with van der Waals surface area (Å²) in [7, 11) is -3.80. The normalized spacial score (nSPS) is 11.1. The van der Waals surface area contributed by atoms with Crippen molar-refractivity contribution in [2.75, 3.05) is 12.3 Å². The van der Waals surface area contributed by atoms with Crippen molar-refractivity contribution in [3.63, 3.8) is 0 Å². The molecule has 4 nitrogen and oxygen atoms in total. The van der Waals surface area contributed by atoms with Crippen LogP contribution in [0, 0.1) is 0 Å². The number of unbranched alkanes of at least 4 members (excludes halogenated alkanes) is 9. The Hall–Kier alpha value is 0.870. The maximum atomic E-state index is 9.71. The minimum Gasteiger partial charge on any atom is -0.329 e. The molecule has 0 aromatic heterocycles. The zero-order valence-electron chi connectivity index (χ0n) is 13.4. The van der Waals surface area contributed by atoms with E-state index in [9.17, 15) is 8.42 Å².